The van der Waals surface area contributed by atoms with Crippen molar-refractivity contribution in [2.24, 2.45) is 5.92 Å². The molecule has 1 aliphatic heterocycles. The third-order valence-corrected chi connectivity index (χ3v) is 4.30. The number of hydrogen-bond donors (Lipinski definition) is 1. The van der Waals surface area contributed by atoms with Crippen LogP contribution in [0, 0.1) is 17.2 Å². The molecular weight excluding hydrogens is 234 g/mol. The quantitative estimate of drug-likeness (QED) is 0.685. The van der Waals surface area contributed by atoms with Gasteiger partial charge in [0, 0.05) is 12.6 Å². The van der Waals surface area contributed by atoms with E-state index in [1.807, 2.05) is 6.92 Å². The monoisotopic (exact) mass is 265 g/mol. The molecule has 1 fully saturated rings. The van der Waals surface area contributed by atoms with Crippen LogP contribution < -0.4 is 5.32 Å². The lowest BCUT2D eigenvalue weighted by atomic mass is 9.96. The lowest BCUT2D eigenvalue weighted by Gasteiger charge is -2.24. The highest BCUT2D eigenvalue weighted by Gasteiger charge is 2.26. The molecule has 1 saturated heterocycles. The molecule has 1 N–H and O–H groups in total. The highest BCUT2D eigenvalue weighted by molar-refractivity contribution is 5.03. The molecule has 0 radical (unpaired) electrons. The van der Waals surface area contributed by atoms with Crippen molar-refractivity contribution in [1.29, 1.82) is 5.26 Å². The Labute approximate surface area is 119 Å². The van der Waals surface area contributed by atoms with Gasteiger partial charge in [0.05, 0.1) is 6.07 Å². The van der Waals surface area contributed by atoms with Crippen molar-refractivity contribution in [2.75, 3.05) is 19.6 Å². The summed E-state index contributed by atoms with van der Waals surface area (Å²) in [7, 11) is 0. The summed E-state index contributed by atoms with van der Waals surface area (Å²) in [5.41, 5.74) is -0.333. The number of nitriles is 1. The van der Waals surface area contributed by atoms with E-state index in [0.29, 0.717) is 0 Å². The molecule has 1 rings (SSSR count). The number of rotatable bonds is 8. The molecule has 0 aromatic heterocycles. The third kappa shape index (κ3) is 5.50. The molecule has 0 spiro atoms. The molecule has 0 bridgehead atoms. The lowest BCUT2D eigenvalue weighted by molar-refractivity contribution is 0.254. The van der Waals surface area contributed by atoms with Gasteiger partial charge in [-0.05, 0) is 65.0 Å². The van der Waals surface area contributed by atoms with Gasteiger partial charge in [0.1, 0.15) is 5.54 Å². The first kappa shape index (κ1) is 16.5. The molecular formula is C16H31N3. The Morgan fingerprint density at radius 3 is 2.63 bits per heavy atom. The van der Waals surface area contributed by atoms with E-state index in [4.69, 9.17) is 0 Å². The van der Waals surface area contributed by atoms with Gasteiger partial charge < -0.3 is 4.90 Å². The molecule has 3 heteroatoms. The van der Waals surface area contributed by atoms with Gasteiger partial charge in [0.15, 0.2) is 0 Å². The van der Waals surface area contributed by atoms with E-state index in [1.54, 1.807) is 0 Å². The van der Waals surface area contributed by atoms with Crippen molar-refractivity contribution in [3.8, 4) is 6.07 Å². The predicted molar refractivity (Wildman–Crippen MR) is 81.0 cm³/mol. The maximum absolute atomic E-state index is 9.28. The molecule has 3 unspecified atom stereocenters. The smallest absolute Gasteiger partial charge is 0.103 e. The molecule has 3 nitrogen and oxygen atoms in total. The van der Waals surface area contributed by atoms with E-state index in [1.165, 1.54) is 25.9 Å². The molecule has 0 saturated carbocycles. The van der Waals surface area contributed by atoms with Crippen LogP contribution in [0.15, 0.2) is 0 Å². The molecule has 1 heterocycles. The Bertz CT molecular complexity index is 297. The van der Waals surface area contributed by atoms with Crippen LogP contribution in [0.1, 0.15) is 59.8 Å². The number of hydrogen-bond acceptors (Lipinski definition) is 3. The zero-order valence-electron chi connectivity index (χ0n) is 13.2. The summed E-state index contributed by atoms with van der Waals surface area (Å²) < 4.78 is 0. The van der Waals surface area contributed by atoms with E-state index >= 15 is 0 Å². The van der Waals surface area contributed by atoms with Gasteiger partial charge in [-0.2, -0.15) is 5.26 Å². The number of nitrogens with zero attached hydrogens (tertiary/aromatic N) is 2. The molecule has 0 amide bonds. The Morgan fingerprint density at radius 1 is 1.37 bits per heavy atom. The Balaban J connectivity index is 2.21. The van der Waals surface area contributed by atoms with E-state index in [9.17, 15) is 5.26 Å². The zero-order valence-corrected chi connectivity index (χ0v) is 13.2. The summed E-state index contributed by atoms with van der Waals surface area (Å²) in [4.78, 5) is 2.61. The highest BCUT2D eigenvalue weighted by atomic mass is 15.2. The van der Waals surface area contributed by atoms with E-state index in [-0.39, 0.29) is 5.54 Å². The summed E-state index contributed by atoms with van der Waals surface area (Å²) in [5, 5.41) is 12.6. The summed E-state index contributed by atoms with van der Waals surface area (Å²) in [6.07, 6.45) is 5.73. The fourth-order valence-electron chi connectivity index (χ4n) is 3.08. The van der Waals surface area contributed by atoms with Gasteiger partial charge in [-0.3, -0.25) is 5.32 Å². The van der Waals surface area contributed by atoms with Crippen molar-refractivity contribution in [3.05, 3.63) is 0 Å². The average molecular weight is 265 g/mol. The van der Waals surface area contributed by atoms with E-state index in [2.05, 4.69) is 37.1 Å². The highest BCUT2D eigenvalue weighted by Crippen LogP contribution is 2.23. The van der Waals surface area contributed by atoms with E-state index in [0.717, 1.165) is 37.8 Å². The first-order valence-electron chi connectivity index (χ1n) is 7.91. The van der Waals surface area contributed by atoms with Crippen LogP contribution in [0.25, 0.3) is 0 Å². The first-order valence-corrected chi connectivity index (χ1v) is 7.91. The van der Waals surface area contributed by atoms with Gasteiger partial charge in [0.25, 0.3) is 0 Å². The maximum Gasteiger partial charge on any atom is 0.103 e. The number of likely N-dealkylation sites (tertiary alicyclic amines) is 1. The zero-order chi connectivity index (χ0) is 14.3. The van der Waals surface area contributed by atoms with Gasteiger partial charge in [-0.1, -0.05) is 13.8 Å². The largest absolute Gasteiger partial charge is 0.300 e. The Kier molecular flexibility index (Phi) is 6.82. The normalized spacial score (nSPS) is 27.1. The minimum absolute atomic E-state index is 0.333. The lowest BCUT2D eigenvalue weighted by Crippen LogP contribution is -2.41. The van der Waals surface area contributed by atoms with Crippen molar-refractivity contribution in [2.45, 2.75) is 71.4 Å². The summed E-state index contributed by atoms with van der Waals surface area (Å²) in [5.74, 6) is 0.852. The topological polar surface area (TPSA) is 39.1 Å². The Hall–Kier alpha value is -0.590. The maximum atomic E-state index is 9.28. The summed E-state index contributed by atoms with van der Waals surface area (Å²) in [6, 6.07) is 3.18. The Morgan fingerprint density at radius 2 is 2.11 bits per heavy atom. The van der Waals surface area contributed by atoms with Crippen LogP contribution in [0.4, 0.5) is 0 Å². The minimum Gasteiger partial charge on any atom is -0.300 e. The molecule has 1 aliphatic rings. The molecule has 0 aliphatic carbocycles. The SMILES string of the molecule is CCCNC(C)(C#N)CCCCN1CC(C)CC1C. The fourth-order valence-corrected chi connectivity index (χ4v) is 3.08. The van der Waals surface area contributed by atoms with Crippen molar-refractivity contribution >= 4 is 0 Å². The van der Waals surface area contributed by atoms with Crippen LogP contribution in [-0.4, -0.2) is 36.1 Å². The molecule has 0 aromatic rings. The average Bonchev–Trinajstić information content (AvgIpc) is 2.71. The predicted octanol–water partition coefficient (Wildman–Crippen LogP) is 3.17. The van der Waals surface area contributed by atoms with Crippen molar-refractivity contribution in [3.63, 3.8) is 0 Å². The third-order valence-electron chi connectivity index (χ3n) is 4.30. The van der Waals surface area contributed by atoms with Crippen LogP contribution in [0.2, 0.25) is 0 Å². The summed E-state index contributed by atoms with van der Waals surface area (Å²) >= 11 is 0. The summed E-state index contributed by atoms with van der Waals surface area (Å²) in [6.45, 7) is 12.2. The van der Waals surface area contributed by atoms with Crippen LogP contribution in [0.5, 0.6) is 0 Å². The minimum atomic E-state index is -0.333. The molecule has 110 valence electrons. The van der Waals surface area contributed by atoms with Crippen molar-refractivity contribution < 1.29 is 0 Å². The second kappa shape index (κ2) is 7.87. The van der Waals surface area contributed by atoms with Crippen LogP contribution >= 0.6 is 0 Å². The standard InChI is InChI=1S/C16H31N3/c1-5-9-18-16(4,13-17)8-6-7-10-19-12-14(2)11-15(19)3/h14-15,18H,5-12H2,1-4H3. The van der Waals surface area contributed by atoms with Gasteiger partial charge in [-0.25, -0.2) is 0 Å². The number of nitrogens with one attached hydrogen (secondary N) is 1. The molecule has 19 heavy (non-hydrogen) atoms. The van der Waals surface area contributed by atoms with Crippen LogP contribution in [-0.2, 0) is 0 Å². The number of unbranched alkanes of at least 4 members (excludes halogenated alkanes) is 1. The molecule has 3 atom stereocenters. The second-order valence-corrected chi connectivity index (χ2v) is 6.51. The van der Waals surface area contributed by atoms with Crippen LogP contribution in [0.3, 0.4) is 0 Å². The van der Waals surface area contributed by atoms with E-state index < -0.39 is 0 Å². The second-order valence-electron chi connectivity index (χ2n) is 6.51. The van der Waals surface area contributed by atoms with Gasteiger partial charge >= 0.3 is 0 Å². The molecule has 0 aromatic carbocycles. The van der Waals surface area contributed by atoms with Gasteiger partial charge in [0.2, 0.25) is 0 Å². The van der Waals surface area contributed by atoms with Gasteiger partial charge in [-0.15, -0.1) is 0 Å². The first-order chi connectivity index (χ1) is 9.00. The van der Waals surface area contributed by atoms with Crippen molar-refractivity contribution in [1.82, 2.24) is 10.2 Å². The fraction of sp³-hybridized carbons (Fsp3) is 0.938.